The van der Waals surface area contributed by atoms with Crippen molar-refractivity contribution in [2.45, 2.75) is 38.6 Å². The van der Waals surface area contributed by atoms with Gasteiger partial charge in [0.05, 0.1) is 0 Å². The number of benzene rings is 1. The summed E-state index contributed by atoms with van der Waals surface area (Å²) >= 11 is 0. The predicted molar refractivity (Wildman–Crippen MR) is 70.6 cm³/mol. The highest BCUT2D eigenvalue weighted by molar-refractivity contribution is 5.29. The van der Waals surface area contributed by atoms with Gasteiger partial charge in [0.25, 0.3) is 0 Å². The third-order valence-corrected chi connectivity index (χ3v) is 2.98. The summed E-state index contributed by atoms with van der Waals surface area (Å²) in [4.78, 5) is 0. The molecule has 0 radical (unpaired) electrons. The minimum absolute atomic E-state index is 0.224. The maximum absolute atomic E-state index is 5.60. The molecule has 1 aromatic carbocycles. The highest BCUT2D eigenvalue weighted by atomic mass is 14.9. The summed E-state index contributed by atoms with van der Waals surface area (Å²) in [5, 5.41) is 3.30. The average Bonchev–Trinajstić information content (AvgIpc) is 2.25. The minimum Gasteiger partial charge on any atom is -0.330 e. The van der Waals surface area contributed by atoms with Crippen LogP contribution < -0.4 is 11.1 Å². The SMILES string of the molecule is CNC(CCN)c1ccc(C(C)(C)C)cc1. The molecule has 0 fully saturated rings. The van der Waals surface area contributed by atoms with Crippen molar-refractivity contribution in [2.75, 3.05) is 13.6 Å². The van der Waals surface area contributed by atoms with E-state index in [4.69, 9.17) is 5.73 Å². The molecular weight excluding hydrogens is 196 g/mol. The van der Waals surface area contributed by atoms with E-state index >= 15 is 0 Å². The quantitative estimate of drug-likeness (QED) is 0.818. The summed E-state index contributed by atoms with van der Waals surface area (Å²) in [7, 11) is 1.98. The second-order valence-corrected chi connectivity index (χ2v) is 5.29. The zero-order valence-electron chi connectivity index (χ0n) is 10.9. The van der Waals surface area contributed by atoms with Gasteiger partial charge in [-0.25, -0.2) is 0 Å². The van der Waals surface area contributed by atoms with Crippen molar-refractivity contribution >= 4 is 0 Å². The Hall–Kier alpha value is -0.860. The number of hydrogen-bond acceptors (Lipinski definition) is 2. The molecule has 0 spiro atoms. The van der Waals surface area contributed by atoms with E-state index in [0.29, 0.717) is 12.6 Å². The van der Waals surface area contributed by atoms with Gasteiger partial charge in [0.2, 0.25) is 0 Å². The Morgan fingerprint density at radius 1 is 1.19 bits per heavy atom. The number of hydrogen-bond donors (Lipinski definition) is 2. The van der Waals surface area contributed by atoms with Crippen molar-refractivity contribution in [2.24, 2.45) is 5.73 Å². The summed E-state index contributed by atoms with van der Waals surface area (Å²) in [6, 6.07) is 9.22. The third kappa shape index (κ3) is 3.32. The maximum atomic E-state index is 5.60. The summed E-state index contributed by atoms with van der Waals surface area (Å²) in [5.41, 5.74) is 8.52. The number of nitrogens with two attached hydrogens (primary N) is 1. The molecule has 3 N–H and O–H groups in total. The van der Waals surface area contributed by atoms with E-state index in [0.717, 1.165) is 6.42 Å². The average molecular weight is 220 g/mol. The Morgan fingerprint density at radius 3 is 2.12 bits per heavy atom. The van der Waals surface area contributed by atoms with Crippen molar-refractivity contribution in [1.29, 1.82) is 0 Å². The summed E-state index contributed by atoms with van der Waals surface area (Å²) in [5.74, 6) is 0. The molecule has 0 bridgehead atoms. The van der Waals surface area contributed by atoms with Gasteiger partial charge in [-0.15, -0.1) is 0 Å². The third-order valence-electron chi connectivity index (χ3n) is 2.98. The second kappa shape index (κ2) is 5.46. The van der Waals surface area contributed by atoms with Crippen molar-refractivity contribution in [3.05, 3.63) is 35.4 Å². The highest BCUT2D eigenvalue weighted by Crippen LogP contribution is 2.24. The van der Waals surface area contributed by atoms with Gasteiger partial charge in [-0.1, -0.05) is 45.0 Å². The first-order chi connectivity index (χ1) is 7.49. The van der Waals surface area contributed by atoms with Gasteiger partial charge >= 0.3 is 0 Å². The molecule has 0 saturated heterocycles. The first-order valence-corrected chi connectivity index (χ1v) is 5.97. The lowest BCUT2D eigenvalue weighted by atomic mass is 9.86. The maximum Gasteiger partial charge on any atom is 0.0329 e. The molecule has 1 atom stereocenters. The van der Waals surface area contributed by atoms with E-state index in [1.54, 1.807) is 0 Å². The summed E-state index contributed by atoms with van der Waals surface area (Å²) in [6.07, 6.45) is 0.978. The predicted octanol–water partition coefficient (Wildman–Crippen LogP) is 2.59. The lowest BCUT2D eigenvalue weighted by Crippen LogP contribution is -2.20. The Bertz CT molecular complexity index is 309. The molecule has 90 valence electrons. The fourth-order valence-corrected chi connectivity index (χ4v) is 1.86. The van der Waals surface area contributed by atoms with Crippen LogP contribution in [0.5, 0.6) is 0 Å². The van der Waals surface area contributed by atoms with Crippen molar-refractivity contribution in [1.82, 2.24) is 5.32 Å². The van der Waals surface area contributed by atoms with Crippen LogP contribution in [0.2, 0.25) is 0 Å². The van der Waals surface area contributed by atoms with Crippen molar-refractivity contribution in [3.63, 3.8) is 0 Å². The first-order valence-electron chi connectivity index (χ1n) is 5.97. The Morgan fingerprint density at radius 2 is 1.75 bits per heavy atom. The minimum atomic E-state index is 0.224. The lowest BCUT2D eigenvalue weighted by Gasteiger charge is -2.21. The van der Waals surface area contributed by atoms with E-state index in [9.17, 15) is 0 Å². The van der Waals surface area contributed by atoms with Crippen LogP contribution in [-0.2, 0) is 5.41 Å². The molecular formula is C14H24N2. The van der Waals surface area contributed by atoms with Crippen LogP contribution in [-0.4, -0.2) is 13.6 Å². The van der Waals surface area contributed by atoms with E-state index in [1.165, 1.54) is 11.1 Å². The first kappa shape index (κ1) is 13.2. The van der Waals surface area contributed by atoms with Crippen LogP contribution in [0.15, 0.2) is 24.3 Å². The number of rotatable bonds is 4. The Labute approximate surface area is 99.2 Å². The van der Waals surface area contributed by atoms with Crippen LogP contribution in [0.4, 0.5) is 0 Å². The van der Waals surface area contributed by atoms with Gasteiger partial charge in [0.15, 0.2) is 0 Å². The molecule has 1 rings (SSSR count). The fraction of sp³-hybridized carbons (Fsp3) is 0.571. The summed E-state index contributed by atoms with van der Waals surface area (Å²) < 4.78 is 0. The molecule has 2 heteroatoms. The molecule has 1 aromatic rings. The second-order valence-electron chi connectivity index (χ2n) is 5.29. The van der Waals surface area contributed by atoms with Gasteiger partial charge < -0.3 is 11.1 Å². The largest absolute Gasteiger partial charge is 0.330 e. The molecule has 0 saturated carbocycles. The standard InChI is InChI=1S/C14H24N2/c1-14(2,3)12-7-5-11(6-8-12)13(16-4)9-10-15/h5-8,13,16H,9-10,15H2,1-4H3. The molecule has 2 nitrogen and oxygen atoms in total. The van der Waals surface area contributed by atoms with Gasteiger partial charge in [-0.2, -0.15) is 0 Å². The van der Waals surface area contributed by atoms with Crippen LogP contribution in [0.3, 0.4) is 0 Å². The highest BCUT2D eigenvalue weighted by Gasteiger charge is 2.14. The zero-order chi connectivity index (χ0) is 12.2. The molecule has 0 aliphatic heterocycles. The molecule has 16 heavy (non-hydrogen) atoms. The topological polar surface area (TPSA) is 38.0 Å². The molecule has 0 amide bonds. The monoisotopic (exact) mass is 220 g/mol. The van der Waals surface area contributed by atoms with Gasteiger partial charge in [0.1, 0.15) is 0 Å². The number of nitrogens with one attached hydrogen (secondary N) is 1. The van der Waals surface area contributed by atoms with E-state index < -0.39 is 0 Å². The molecule has 0 aliphatic carbocycles. The normalized spacial score (nSPS) is 13.8. The molecule has 0 aliphatic rings. The molecule has 0 aromatic heterocycles. The van der Waals surface area contributed by atoms with Gasteiger partial charge in [-0.3, -0.25) is 0 Å². The fourth-order valence-electron chi connectivity index (χ4n) is 1.86. The van der Waals surface area contributed by atoms with E-state index in [1.807, 2.05) is 7.05 Å². The smallest absolute Gasteiger partial charge is 0.0329 e. The Balaban J connectivity index is 2.85. The van der Waals surface area contributed by atoms with Gasteiger partial charge in [0, 0.05) is 6.04 Å². The van der Waals surface area contributed by atoms with Crippen molar-refractivity contribution < 1.29 is 0 Å². The lowest BCUT2D eigenvalue weighted by molar-refractivity contribution is 0.553. The summed E-state index contributed by atoms with van der Waals surface area (Å²) in [6.45, 7) is 7.42. The van der Waals surface area contributed by atoms with Crippen LogP contribution in [0.1, 0.15) is 44.4 Å². The van der Waals surface area contributed by atoms with E-state index in [2.05, 4.69) is 50.4 Å². The molecule has 1 unspecified atom stereocenters. The van der Waals surface area contributed by atoms with Gasteiger partial charge in [-0.05, 0) is 36.6 Å². The van der Waals surface area contributed by atoms with Crippen LogP contribution in [0.25, 0.3) is 0 Å². The van der Waals surface area contributed by atoms with Crippen LogP contribution in [0, 0.1) is 0 Å². The van der Waals surface area contributed by atoms with Crippen LogP contribution >= 0.6 is 0 Å². The van der Waals surface area contributed by atoms with E-state index in [-0.39, 0.29) is 5.41 Å². The van der Waals surface area contributed by atoms with Crippen molar-refractivity contribution in [3.8, 4) is 0 Å². The Kier molecular flexibility index (Phi) is 4.51. The molecule has 0 heterocycles. The zero-order valence-corrected chi connectivity index (χ0v) is 10.9.